The van der Waals surface area contributed by atoms with E-state index in [1.54, 1.807) is 21.2 Å². The predicted octanol–water partition coefficient (Wildman–Crippen LogP) is 1.47. The first-order valence-electron chi connectivity index (χ1n) is 10.5. The van der Waals surface area contributed by atoms with Gasteiger partial charge in [-0.05, 0) is 39.8 Å². The van der Waals surface area contributed by atoms with Crippen LogP contribution in [0.25, 0.3) is 0 Å². The number of methoxy groups -OCH3 is 1. The fourth-order valence-corrected chi connectivity index (χ4v) is 3.26. The van der Waals surface area contributed by atoms with Crippen molar-refractivity contribution in [2.45, 2.75) is 78.0 Å². The summed E-state index contributed by atoms with van der Waals surface area (Å²) in [6, 6.07) is -1.46. The van der Waals surface area contributed by atoms with Gasteiger partial charge in [0, 0.05) is 40.6 Å². The first kappa shape index (κ1) is 27.3. The highest BCUT2D eigenvalue weighted by atomic mass is 16.5. The van der Waals surface area contributed by atoms with Crippen LogP contribution in [0.5, 0.6) is 0 Å². The molecule has 0 heterocycles. The minimum atomic E-state index is -0.817. The molecule has 0 rings (SSSR count). The van der Waals surface area contributed by atoms with Gasteiger partial charge in [-0.1, -0.05) is 20.8 Å². The van der Waals surface area contributed by atoms with Crippen molar-refractivity contribution in [2.75, 3.05) is 40.8 Å². The molecule has 0 aliphatic heterocycles. The lowest BCUT2D eigenvalue weighted by Crippen LogP contribution is -2.56. The van der Waals surface area contributed by atoms with Gasteiger partial charge in [0.1, 0.15) is 12.1 Å². The molecular formula is C21H42N4O4. The minimum absolute atomic E-state index is 0.0772. The number of hydrogen-bond donors (Lipinski definition) is 1. The third-order valence-corrected chi connectivity index (χ3v) is 5.60. The molecule has 170 valence electrons. The van der Waals surface area contributed by atoms with E-state index in [0.717, 1.165) is 13.1 Å². The highest BCUT2D eigenvalue weighted by molar-refractivity contribution is 5.91. The van der Waals surface area contributed by atoms with Crippen LogP contribution in [0, 0.1) is 0 Å². The van der Waals surface area contributed by atoms with Gasteiger partial charge in [-0.3, -0.25) is 14.4 Å². The monoisotopic (exact) mass is 414 g/mol. The summed E-state index contributed by atoms with van der Waals surface area (Å²) in [5.41, 5.74) is 4.99. The summed E-state index contributed by atoms with van der Waals surface area (Å²) < 4.78 is 5.42. The number of ether oxygens (including phenoxy) is 1. The van der Waals surface area contributed by atoms with E-state index < -0.39 is 23.6 Å². The van der Waals surface area contributed by atoms with E-state index in [-0.39, 0.29) is 18.2 Å². The molecule has 0 aromatic rings. The average Bonchev–Trinajstić information content (AvgIpc) is 2.68. The number of rotatable bonds is 14. The maximum absolute atomic E-state index is 13.4. The van der Waals surface area contributed by atoms with Crippen LogP contribution in [-0.4, -0.2) is 90.9 Å². The number of nitrogens with zero attached hydrogens (tertiary/aromatic N) is 3. The molecule has 0 aromatic heterocycles. The Balaban J connectivity index is 5.66. The Hall–Kier alpha value is -1.67. The normalized spacial score (nSPS) is 13.8. The van der Waals surface area contributed by atoms with E-state index in [0.29, 0.717) is 25.8 Å². The summed E-state index contributed by atoms with van der Waals surface area (Å²) in [4.78, 5) is 43.1. The van der Waals surface area contributed by atoms with E-state index in [1.807, 2.05) is 20.8 Å². The maximum atomic E-state index is 13.4. The third-order valence-electron chi connectivity index (χ3n) is 5.60. The summed E-state index contributed by atoms with van der Waals surface area (Å²) in [5.74, 6) is -0.942. The number of amides is 3. The van der Waals surface area contributed by atoms with E-state index in [2.05, 4.69) is 18.7 Å². The molecule has 0 aromatic carbocycles. The molecule has 29 heavy (non-hydrogen) atoms. The number of nitrogens with two attached hydrogens (primary N) is 1. The number of carbonyl (C=O) groups is 3. The van der Waals surface area contributed by atoms with E-state index in [1.165, 1.54) is 9.80 Å². The average molecular weight is 415 g/mol. The van der Waals surface area contributed by atoms with E-state index in [4.69, 9.17) is 10.5 Å². The van der Waals surface area contributed by atoms with Gasteiger partial charge < -0.3 is 25.2 Å². The van der Waals surface area contributed by atoms with E-state index in [9.17, 15) is 14.4 Å². The van der Waals surface area contributed by atoms with Crippen molar-refractivity contribution in [1.29, 1.82) is 0 Å². The van der Waals surface area contributed by atoms with Crippen molar-refractivity contribution in [3.63, 3.8) is 0 Å². The molecule has 0 spiro atoms. The quantitative estimate of drug-likeness (QED) is 0.464. The second-order valence-electron chi connectivity index (χ2n) is 8.12. The Morgan fingerprint density at radius 1 is 1.00 bits per heavy atom. The van der Waals surface area contributed by atoms with Crippen molar-refractivity contribution >= 4 is 17.7 Å². The van der Waals surface area contributed by atoms with Crippen LogP contribution in [0.4, 0.5) is 0 Å². The highest BCUT2D eigenvalue weighted by Crippen LogP contribution is 2.20. The topological polar surface area (TPSA) is 96.2 Å². The Bertz CT molecular complexity index is 535. The van der Waals surface area contributed by atoms with Gasteiger partial charge in [-0.2, -0.15) is 0 Å². The standard InChI is InChI=1S/C21H42N4O4/c1-9-12-18(26)23(6)16(13-14-25(10-2)11-3)20(28)24(7)17(19(22)27)15-21(4,5)29-8/h16-17H,9-15H2,1-8H3,(H2,22,27)/t16-,17+/m1/s1. The van der Waals surface area contributed by atoms with Crippen LogP contribution >= 0.6 is 0 Å². The third kappa shape index (κ3) is 8.70. The second kappa shape index (κ2) is 12.8. The molecule has 0 unspecified atom stereocenters. The lowest BCUT2D eigenvalue weighted by atomic mass is 9.96. The van der Waals surface area contributed by atoms with Crippen LogP contribution in [0.1, 0.15) is 60.3 Å². The zero-order valence-electron chi connectivity index (χ0n) is 19.7. The zero-order chi connectivity index (χ0) is 22.8. The molecule has 0 fully saturated rings. The van der Waals surface area contributed by atoms with Crippen molar-refractivity contribution < 1.29 is 19.1 Å². The lowest BCUT2D eigenvalue weighted by Gasteiger charge is -2.37. The van der Waals surface area contributed by atoms with Crippen LogP contribution in [0.15, 0.2) is 0 Å². The fourth-order valence-electron chi connectivity index (χ4n) is 3.26. The van der Waals surface area contributed by atoms with Crippen LogP contribution < -0.4 is 5.73 Å². The summed E-state index contributed by atoms with van der Waals surface area (Å²) in [6.07, 6.45) is 1.86. The molecule has 8 heteroatoms. The van der Waals surface area contributed by atoms with Gasteiger partial charge in [0.15, 0.2) is 0 Å². The Kier molecular flexibility index (Phi) is 12.1. The first-order valence-corrected chi connectivity index (χ1v) is 10.5. The van der Waals surface area contributed by atoms with E-state index >= 15 is 0 Å². The lowest BCUT2D eigenvalue weighted by molar-refractivity contribution is -0.148. The Morgan fingerprint density at radius 2 is 1.55 bits per heavy atom. The molecule has 3 amide bonds. The van der Waals surface area contributed by atoms with Gasteiger partial charge in [-0.25, -0.2) is 0 Å². The number of hydrogen-bond acceptors (Lipinski definition) is 5. The predicted molar refractivity (Wildman–Crippen MR) is 115 cm³/mol. The molecule has 2 atom stereocenters. The zero-order valence-corrected chi connectivity index (χ0v) is 19.7. The highest BCUT2D eigenvalue weighted by Gasteiger charge is 2.36. The molecule has 0 saturated heterocycles. The molecule has 0 aliphatic rings. The molecule has 8 nitrogen and oxygen atoms in total. The van der Waals surface area contributed by atoms with Crippen molar-refractivity contribution in [1.82, 2.24) is 14.7 Å². The molecular weight excluding hydrogens is 372 g/mol. The smallest absolute Gasteiger partial charge is 0.245 e. The molecule has 2 N–H and O–H groups in total. The van der Waals surface area contributed by atoms with Gasteiger partial charge in [-0.15, -0.1) is 0 Å². The van der Waals surface area contributed by atoms with Crippen molar-refractivity contribution in [3.8, 4) is 0 Å². The Labute approximate surface area is 176 Å². The second-order valence-corrected chi connectivity index (χ2v) is 8.12. The van der Waals surface area contributed by atoms with Gasteiger partial charge in [0.2, 0.25) is 17.7 Å². The van der Waals surface area contributed by atoms with Crippen LogP contribution in [0.3, 0.4) is 0 Å². The number of carbonyl (C=O) groups excluding carboxylic acids is 3. The van der Waals surface area contributed by atoms with Crippen LogP contribution in [-0.2, 0) is 19.1 Å². The summed E-state index contributed by atoms with van der Waals surface area (Å²) in [5, 5.41) is 0. The summed E-state index contributed by atoms with van der Waals surface area (Å²) >= 11 is 0. The summed E-state index contributed by atoms with van der Waals surface area (Å²) in [7, 11) is 4.80. The van der Waals surface area contributed by atoms with Crippen molar-refractivity contribution in [2.24, 2.45) is 5.73 Å². The fraction of sp³-hybridized carbons (Fsp3) is 0.857. The SMILES string of the molecule is CCCC(=O)N(C)[C@H](CCN(CC)CC)C(=O)N(C)[C@@H](CC(C)(C)OC)C(N)=O. The van der Waals surface area contributed by atoms with Crippen molar-refractivity contribution in [3.05, 3.63) is 0 Å². The molecule has 0 saturated carbocycles. The number of primary amides is 1. The molecule has 0 aliphatic carbocycles. The first-order chi connectivity index (χ1) is 13.4. The summed E-state index contributed by atoms with van der Waals surface area (Å²) in [6.45, 7) is 12.2. The van der Waals surface area contributed by atoms with Gasteiger partial charge in [0.25, 0.3) is 0 Å². The largest absolute Gasteiger partial charge is 0.379 e. The minimum Gasteiger partial charge on any atom is -0.379 e. The van der Waals surface area contributed by atoms with Gasteiger partial charge >= 0.3 is 0 Å². The molecule has 0 radical (unpaired) electrons. The van der Waals surface area contributed by atoms with Crippen LogP contribution in [0.2, 0.25) is 0 Å². The maximum Gasteiger partial charge on any atom is 0.245 e. The van der Waals surface area contributed by atoms with Gasteiger partial charge in [0.05, 0.1) is 5.60 Å². The Morgan fingerprint density at radius 3 is 1.97 bits per heavy atom. The number of likely N-dealkylation sites (N-methyl/N-ethyl adjacent to an activating group) is 2. The molecule has 0 bridgehead atoms.